The molecule has 4 N–H and O–H groups in total. The van der Waals surface area contributed by atoms with Crippen LogP contribution < -0.4 is 21.3 Å². The standard InChI is InChI=1S/C16H26N4O5/c1-9(19-13(21)11-5-3-7-17-11)15(23)25-16(24)10(2)20-14(22)12-6-4-8-18-12/h9-12,17-18H,3-8H2,1-2H3,(H,19,21)(H,20,22)/t9-,10-,11-,12-/m0/s1. The number of hydrogen-bond acceptors (Lipinski definition) is 7. The third kappa shape index (κ3) is 5.50. The second kappa shape index (κ2) is 8.91. The van der Waals surface area contributed by atoms with Crippen LogP contribution in [0.25, 0.3) is 0 Å². The van der Waals surface area contributed by atoms with Gasteiger partial charge in [-0.05, 0) is 52.6 Å². The maximum absolute atomic E-state index is 11.9. The summed E-state index contributed by atoms with van der Waals surface area (Å²) in [5.74, 6) is -2.28. The van der Waals surface area contributed by atoms with Gasteiger partial charge in [0.2, 0.25) is 11.8 Å². The molecule has 2 saturated heterocycles. The zero-order valence-electron chi connectivity index (χ0n) is 14.6. The van der Waals surface area contributed by atoms with Crippen LogP contribution in [0.3, 0.4) is 0 Å². The number of amides is 2. The van der Waals surface area contributed by atoms with Gasteiger partial charge in [-0.25, -0.2) is 9.59 Å². The summed E-state index contributed by atoms with van der Waals surface area (Å²) in [6, 6.07) is -2.53. The van der Waals surface area contributed by atoms with Crippen molar-refractivity contribution in [1.82, 2.24) is 21.3 Å². The van der Waals surface area contributed by atoms with Gasteiger partial charge in [-0.3, -0.25) is 9.59 Å². The summed E-state index contributed by atoms with van der Waals surface area (Å²) >= 11 is 0. The van der Waals surface area contributed by atoms with Crippen LogP contribution in [-0.4, -0.2) is 61.0 Å². The molecule has 2 rings (SSSR count). The Bertz CT molecular complexity index is 481. The predicted molar refractivity (Wildman–Crippen MR) is 88.4 cm³/mol. The van der Waals surface area contributed by atoms with E-state index in [9.17, 15) is 19.2 Å². The first-order chi connectivity index (χ1) is 11.9. The third-order valence-electron chi connectivity index (χ3n) is 4.38. The van der Waals surface area contributed by atoms with Gasteiger partial charge < -0.3 is 26.0 Å². The summed E-state index contributed by atoms with van der Waals surface area (Å²) in [6.45, 7) is 4.44. The topological polar surface area (TPSA) is 126 Å². The fraction of sp³-hybridized carbons (Fsp3) is 0.750. The van der Waals surface area contributed by atoms with Gasteiger partial charge in [-0.15, -0.1) is 0 Å². The summed E-state index contributed by atoms with van der Waals surface area (Å²) in [6.07, 6.45) is 3.24. The normalized spacial score (nSPS) is 25.0. The summed E-state index contributed by atoms with van der Waals surface area (Å²) in [5.41, 5.74) is 0. The van der Waals surface area contributed by atoms with Gasteiger partial charge in [-0.2, -0.15) is 0 Å². The number of nitrogens with one attached hydrogen (secondary N) is 4. The molecule has 9 heteroatoms. The van der Waals surface area contributed by atoms with E-state index in [1.807, 2.05) is 0 Å². The van der Waals surface area contributed by atoms with E-state index in [-0.39, 0.29) is 23.9 Å². The highest BCUT2D eigenvalue weighted by Crippen LogP contribution is 2.06. The Morgan fingerprint density at radius 2 is 1.24 bits per heavy atom. The van der Waals surface area contributed by atoms with Gasteiger partial charge in [-0.1, -0.05) is 0 Å². The lowest BCUT2D eigenvalue weighted by molar-refractivity contribution is -0.163. The molecule has 2 aliphatic heterocycles. The Kier molecular flexibility index (Phi) is 6.89. The maximum atomic E-state index is 11.9. The molecule has 2 fully saturated rings. The summed E-state index contributed by atoms with van der Waals surface area (Å²) in [7, 11) is 0. The lowest BCUT2D eigenvalue weighted by Gasteiger charge is -2.18. The molecule has 0 aliphatic carbocycles. The minimum Gasteiger partial charge on any atom is -0.390 e. The first-order valence-corrected chi connectivity index (χ1v) is 8.71. The highest BCUT2D eigenvalue weighted by molar-refractivity contribution is 5.95. The predicted octanol–water partition coefficient (Wildman–Crippen LogP) is -1.43. The van der Waals surface area contributed by atoms with Gasteiger partial charge in [0.1, 0.15) is 12.1 Å². The molecule has 9 nitrogen and oxygen atoms in total. The number of carbonyl (C=O) groups excluding carboxylic acids is 4. The average Bonchev–Trinajstić information content (AvgIpc) is 3.27. The molecule has 0 aromatic carbocycles. The molecule has 4 atom stereocenters. The second-order valence-corrected chi connectivity index (χ2v) is 6.50. The Morgan fingerprint density at radius 3 is 1.56 bits per heavy atom. The number of carbonyl (C=O) groups is 4. The van der Waals surface area contributed by atoms with Crippen LogP contribution in [-0.2, 0) is 23.9 Å². The van der Waals surface area contributed by atoms with E-state index in [1.165, 1.54) is 13.8 Å². The molecule has 0 radical (unpaired) electrons. The monoisotopic (exact) mass is 354 g/mol. The summed E-state index contributed by atoms with van der Waals surface area (Å²) < 4.78 is 4.75. The lowest BCUT2D eigenvalue weighted by atomic mass is 10.2. The van der Waals surface area contributed by atoms with Gasteiger partial charge in [0, 0.05) is 0 Å². The Hall–Kier alpha value is -2.00. The van der Waals surface area contributed by atoms with Crippen LogP contribution in [0.4, 0.5) is 0 Å². The van der Waals surface area contributed by atoms with Crippen molar-refractivity contribution in [1.29, 1.82) is 0 Å². The van der Waals surface area contributed by atoms with Crippen LogP contribution in [0, 0.1) is 0 Å². The van der Waals surface area contributed by atoms with Gasteiger partial charge in [0.05, 0.1) is 12.1 Å². The van der Waals surface area contributed by atoms with Gasteiger partial charge in [0.25, 0.3) is 0 Å². The molecule has 0 bridgehead atoms. The molecule has 25 heavy (non-hydrogen) atoms. The van der Waals surface area contributed by atoms with Crippen molar-refractivity contribution in [2.75, 3.05) is 13.1 Å². The van der Waals surface area contributed by atoms with E-state index in [2.05, 4.69) is 21.3 Å². The fourth-order valence-corrected chi connectivity index (χ4v) is 2.84. The SMILES string of the molecule is C[C@H](NC(=O)[C@@H]1CCCN1)C(=O)OC(=O)[C@H](C)NC(=O)[C@@H]1CCCN1. The van der Waals surface area contributed by atoms with Crippen LogP contribution in [0.15, 0.2) is 0 Å². The van der Waals surface area contributed by atoms with E-state index >= 15 is 0 Å². The fourth-order valence-electron chi connectivity index (χ4n) is 2.84. The highest BCUT2D eigenvalue weighted by Gasteiger charge is 2.29. The molecule has 0 aromatic rings. The molecule has 2 aliphatic rings. The van der Waals surface area contributed by atoms with Crippen LogP contribution in [0.2, 0.25) is 0 Å². The van der Waals surface area contributed by atoms with E-state index in [0.717, 1.165) is 25.9 Å². The van der Waals surface area contributed by atoms with Crippen molar-refractivity contribution in [3.8, 4) is 0 Å². The molecule has 0 saturated carbocycles. The summed E-state index contributed by atoms with van der Waals surface area (Å²) in [5, 5.41) is 11.1. The zero-order valence-corrected chi connectivity index (χ0v) is 14.6. The maximum Gasteiger partial charge on any atom is 0.336 e. The lowest BCUT2D eigenvalue weighted by Crippen LogP contribution is -2.50. The van der Waals surface area contributed by atoms with Crippen LogP contribution >= 0.6 is 0 Å². The first kappa shape index (κ1) is 19.3. The van der Waals surface area contributed by atoms with E-state index < -0.39 is 24.0 Å². The number of rotatable bonds is 6. The van der Waals surface area contributed by atoms with Crippen molar-refractivity contribution in [3.63, 3.8) is 0 Å². The van der Waals surface area contributed by atoms with E-state index in [4.69, 9.17) is 4.74 Å². The van der Waals surface area contributed by atoms with Gasteiger partial charge in [0.15, 0.2) is 0 Å². The van der Waals surface area contributed by atoms with Crippen LogP contribution in [0.5, 0.6) is 0 Å². The Balaban J connectivity index is 1.74. The molecule has 2 heterocycles. The summed E-state index contributed by atoms with van der Waals surface area (Å²) in [4.78, 5) is 47.8. The van der Waals surface area contributed by atoms with Crippen LogP contribution in [0.1, 0.15) is 39.5 Å². The molecular weight excluding hydrogens is 328 g/mol. The number of ether oxygens (including phenoxy) is 1. The van der Waals surface area contributed by atoms with E-state index in [0.29, 0.717) is 12.8 Å². The second-order valence-electron chi connectivity index (χ2n) is 6.50. The molecule has 0 unspecified atom stereocenters. The minimum absolute atomic E-state index is 0.289. The molecular formula is C16H26N4O5. The van der Waals surface area contributed by atoms with E-state index in [1.54, 1.807) is 0 Å². The number of hydrogen-bond donors (Lipinski definition) is 4. The van der Waals surface area contributed by atoms with Crippen molar-refractivity contribution < 1.29 is 23.9 Å². The largest absolute Gasteiger partial charge is 0.390 e. The molecule has 140 valence electrons. The number of esters is 2. The van der Waals surface area contributed by atoms with Crippen molar-refractivity contribution in [2.45, 2.75) is 63.7 Å². The Morgan fingerprint density at radius 1 is 0.840 bits per heavy atom. The smallest absolute Gasteiger partial charge is 0.336 e. The highest BCUT2D eigenvalue weighted by atomic mass is 16.6. The minimum atomic E-state index is -0.946. The Labute approximate surface area is 146 Å². The molecule has 0 spiro atoms. The quantitative estimate of drug-likeness (QED) is 0.340. The molecule has 0 aromatic heterocycles. The van der Waals surface area contributed by atoms with Crippen molar-refractivity contribution in [3.05, 3.63) is 0 Å². The van der Waals surface area contributed by atoms with Crippen molar-refractivity contribution >= 4 is 23.8 Å². The first-order valence-electron chi connectivity index (χ1n) is 8.71. The molecule has 2 amide bonds. The van der Waals surface area contributed by atoms with Crippen molar-refractivity contribution in [2.24, 2.45) is 0 Å². The average molecular weight is 354 g/mol. The van der Waals surface area contributed by atoms with Gasteiger partial charge >= 0.3 is 11.9 Å². The third-order valence-corrected chi connectivity index (χ3v) is 4.38. The zero-order chi connectivity index (χ0) is 18.4.